The Kier molecular flexibility index (Phi) is 7.92. The second-order valence-corrected chi connectivity index (χ2v) is 13.5. The number of hydrogen-bond donors (Lipinski definition) is 1. The third kappa shape index (κ3) is 5.86. The Morgan fingerprint density at radius 3 is 2.49 bits per heavy atom. The van der Waals surface area contributed by atoms with Gasteiger partial charge in [0, 0.05) is 56.1 Å². The maximum Gasteiger partial charge on any atom is 0.245 e. The molecule has 43 heavy (non-hydrogen) atoms. The molecule has 228 valence electrons. The number of ether oxygens (including phenoxy) is 2. The molecule has 0 atom stereocenters. The molecule has 4 heterocycles. The second-order valence-electron chi connectivity index (χ2n) is 11.5. The number of aromatic nitrogens is 3. The highest BCUT2D eigenvalue weighted by Gasteiger charge is 2.36. The Morgan fingerprint density at radius 2 is 1.77 bits per heavy atom. The first-order valence-electron chi connectivity index (χ1n) is 14.6. The maximum absolute atomic E-state index is 12.3. The fraction of sp³-hybridized carbons (Fsp3) is 0.419. The molecule has 4 aromatic rings. The van der Waals surface area contributed by atoms with Crippen LogP contribution in [0.15, 0.2) is 60.8 Å². The summed E-state index contributed by atoms with van der Waals surface area (Å²) in [6.07, 6.45) is 5.13. The van der Waals surface area contributed by atoms with E-state index in [1.54, 1.807) is 30.9 Å². The second kappa shape index (κ2) is 11.7. The van der Waals surface area contributed by atoms with Crippen LogP contribution in [0.5, 0.6) is 5.75 Å². The molecule has 0 aliphatic carbocycles. The SMILES string of the molecule is COc1cc(N2CCC(C)(N3CCOCC3)CC2)ccc1Nc1ncc2ccc(-c3ccccc3N(C)S(C)(=O)=O)n2n1. The average Bonchev–Trinajstić information content (AvgIpc) is 3.44. The van der Waals surface area contributed by atoms with E-state index in [4.69, 9.17) is 14.6 Å². The highest BCUT2D eigenvalue weighted by atomic mass is 32.2. The van der Waals surface area contributed by atoms with E-state index in [0.29, 0.717) is 17.4 Å². The van der Waals surface area contributed by atoms with Gasteiger partial charge in [-0.1, -0.05) is 18.2 Å². The third-order valence-electron chi connectivity index (χ3n) is 8.83. The van der Waals surface area contributed by atoms with Crippen molar-refractivity contribution in [1.29, 1.82) is 0 Å². The van der Waals surface area contributed by atoms with Gasteiger partial charge in [0.2, 0.25) is 16.0 Å². The minimum Gasteiger partial charge on any atom is -0.494 e. The van der Waals surface area contributed by atoms with E-state index < -0.39 is 10.0 Å². The first-order chi connectivity index (χ1) is 20.7. The minimum absolute atomic E-state index is 0.208. The average molecular weight is 606 g/mol. The van der Waals surface area contributed by atoms with Crippen LogP contribution in [0.4, 0.5) is 23.0 Å². The highest BCUT2D eigenvalue weighted by molar-refractivity contribution is 7.92. The van der Waals surface area contributed by atoms with Crippen molar-refractivity contribution in [2.75, 3.05) is 74.3 Å². The molecule has 0 unspecified atom stereocenters. The van der Waals surface area contributed by atoms with E-state index in [1.165, 1.54) is 10.6 Å². The lowest BCUT2D eigenvalue weighted by Gasteiger charge is -2.48. The van der Waals surface area contributed by atoms with E-state index in [-0.39, 0.29) is 5.54 Å². The van der Waals surface area contributed by atoms with Gasteiger partial charge in [0.15, 0.2) is 0 Å². The van der Waals surface area contributed by atoms with Crippen molar-refractivity contribution in [1.82, 2.24) is 19.5 Å². The number of sulfonamides is 1. The van der Waals surface area contributed by atoms with Gasteiger partial charge in [-0.3, -0.25) is 9.21 Å². The predicted molar refractivity (Wildman–Crippen MR) is 170 cm³/mol. The minimum atomic E-state index is -3.45. The lowest BCUT2D eigenvalue weighted by molar-refractivity contribution is -0.0248. The first kappa shape index (κ1) is 29.2. The van der Waals surface area contributed by atoms with Crippen LogP contribution >= 0.6 is 0 Å². The summed E-state index contributed by atoms with van der Waals surface area (Å²) in [7, 11) is -0.231. The van der Waals surface area contributed by atoms with Crippen molar-refractivity contribution >= 4 is 38.6 Å². The molecule has 2 saturated heterocycles. The van der Waals surface area contributed by atoms with Crippen molar-refractivity contribution in [2.45, 2.75) is 25.3 Å². The Bertz CT molecular complexity index is 1710. The summed E-state index contributed by atoms with van der Waals surface area (Å²) in [5.74, 6) is 1.10. The number of benzene rings is 2. The molecular formula is C31H39N7O4S. The van der Waals surface area contributed by atoms with Crippen molar-refractivity contribution in [3.63, 3.8) is 0 Å². The summed E-state index contributed by atoms with van der Waals surface area (Å²) in [6.45, 7) is 8.01. The van der Waals surface area contributed by atoms with E-state index in [0.717, 1.165) is 80.4 Å². The van der Waals surface area contributed by atoms with Gasteiger partial charge in [-0.05, 0) is 50.1 Å². The van der Waals surface area contributed by atoms with Crippen LogP contribution in [0.2, 0.25) is 0 Å². The first-order valence-corrected chi connectivity index (χ1v) is 16.4. The zero-order valence-electron chi connectivity index (χ0n) is 25.2. The number of anilines is 4. The van der Waals surface area contributed by atoms with Crippen molar-refractivity contribution in [3.05, 3.63) is 60.8 Å². The van der Waals surface area contributed by atoms with Crippen molar-refractivity contribution < 1.29 is 17.9 Å². The van der Waals surface area contributed by atoms with Crippen LogP contribution in [-0.2, 0) is 14.8 Å². The standard InChI is InChI=1S/C31H39N7O4S/c1-31(37-17-19-42-20-18-37)13-15-36(16-14-31)23-9-11-26(29(21-23)41-3)33-30-32-22-24-10-12-28(38(24)34-30)25-7-5-6-8-27(25)35(2)43(4,39)40/h5-12,21-22H,13-20H2,1-4H3,(H,33,34). The molecule has 0 saturated carbocycles. The molecule has 0 amide bonds. The Balaban J connectivity index is 1.22. The number of nitrogens with zero attached hydrogens (tertiary/aromatic N) is 6. The van der Waals surface area contributed by atoms with Gasteiger partial charge in [0.1, 0.15) is 5.75 Å². The number of fused-ring (bicyclic) bond motifs is 1. The zero-order chi connectivity index (χ0) is 30.2. The number of rotatable bonds is 8. The number of morpholine rings is 1. The maximum atomic E-state index is 12.3. The number of para-hydroxylation sites is 1. The van der Waals surface area contributed by atoms with Gasteiger partial charge >= 0.3 is 0 Å². The van der Waals surface area contributed by atoms with Gasteiger partial charge < -0.3 is 19.7 Å². The van der Waals surface area contributed by atoms with Crippen LogP contribution in [0, 0.1) is 0 Å². The smallest absolute Gasteiger partial charge is 0.245 e. The highest BCUT2D eigenvalue weighted by Crippen LogP contribution is 2.36. The largest absolute Gasteiger partial charge is 0.494 e. The van der Waals surface area contributed by atoms with Crippen LogP contribution < -0.4 is 19.3 Å². The fourth-order valence-electron chi connectivity index (χ4n) is 6.07. The number of methoxy groups -OCH3 is 1. The number of hydrogen-bond acceptors (Lipinski definition) is 9. The molecule has 2 aromatic heterocycles. The Morgan fingerprint density at radius 1 is 1.02 bits per heavy atom. The normalized spacial score (nSPS) is 17.6. The molecule has 0 spiro atoms. The molecule has 12 heteroatoms. The van der Waals surface area contributed by atoms with Crippen LogP contribution in [0.25, 0.3) is 16.8 Å². The molecule has 11 nitrogen and oxygen atoms in total. The number of piperidine rings is 1. The quantitative estimate of drug-likeness (QED) is 0.316. The van der Waals surface area contributed by atoms with E-state index >= 15 is 0 Å². The van der Waals surface area contributed by atoms with Gasteiger partial charge in [-0.15, -0.1) is 5.10 Å². The van der Waals surface area contributed by atoms with Crippen molar-refractivity contribution in [3.8, 4) is 17.0 Å². The lowest BCUT2D eigenvalue weighted by Crippen LogP contribution is -2.56. The van der Waals surface area contributed by atoms with Crippen molar-refractivity contribution in [2.24, 2.45) is 0 Å². The van der Waals surface area contributed by atoms with E-state index in [1.807, 2.05) is 36.4 Å². The summed E-state index contributed by atoms with van der Waals surface area (Å²) in [6, 6.07) is 17.4. The third-order valence-corrected chi connectivity index (χ3v) is 10.0. The molecule has 0 bridgehead atoms. The van der Waals surface area contributed by atoms with Crippen LogP contribution in [0.3, 0.4) is 0 Å². The van der Waals surface area contributed by atoms with Gasteiger partial charge in [0.25, 0.3) is 0 Å². The topological polar surface area (TPSA) is 105 Å². The molecule has 0 radical (unpaired) electrons. The summed E-state index contributed by atoms with van der Waals surface area (Å²) in [5.41, 5.74) is 4.94. The summed E-state index contributed by atoms with van der Waals surface area (Å²) in [4.78, 5) is 9.54. The summed E-state index contributed by atoms with van der Waals surface area (Å²) in [5, 5.41) is 8.09. The molecule has 2 aliphatic heterocycles. The number of nitrogens with one attached hydrogen (secondary N) is 1. The lowest BCUT2D eigenvalue weighted by atomic mass is 9.87. The Labute approximate surface area is 253 Å². The predicted octanol–water partition coefficient (Wildman–Crippen LogP) is 4.24. The molecule has 2 aliphatic rings. The van der Waals surface area contributed by atoms with Gasteiger partial charge in [0.05, 0.1) is 55.4 Å². The monoisotopic (exact) mass is 605 g/mol. The van der Waals surface area contributed by atoms with Crippen LogP contribution in [-0.4, -0.2) is 93.3 Å². The summed E-state index contributed by atoms with van der Waals surface area (Å²) >= 11 is 0. The van der Waals surface area contributed by atoms with Gasteiger partial charge in [-0.2, -0.15) is 0 Å². The Hall–Kier alpha value is -3.87. The summed E-state index contributed by atoms with van der Waals surface area (Å²) < 4.78 is 39.0. The van der Waals surface area contributed by atoms with Gasteiger partial charge in [-0.25, -0.2) is 17.9 Å². The van der Waals surface area contributed by atoms with Crippen LogP contribution in [0.1, 0.15) is 19.8 Å². The molecule has 1 N–H and O–H groups in total. The fourth-order valence-corrected chi connectivity index (χ4v) is 6.59. The molecule has 2 fully saturated rings. The molecular weight excluding hydrogens is 566 g/mol. The van der Waals surface area contributed by atoms with E-state index in [9.17, 15) is 8.42 Å². The molecule has 6 rings (SSSR count). The zero-order valence-corrected chi connectivity index (χ0v) is 26.0. The molecule has 2 aromatic carbocycles. The van der Waals surface area contributed by atoms with E-state index in [2.05, 4.69) is 39.2 Å².